The summed E-state index contributed by atoms with van der Waals surface area (Å²) in [6, 6.07) is 2.80. The molecule has 1 aromatic rings. The molecule has 0 aliphatic carbocycles. The lowest BCUT2D eigenvalue weighted by atomic mass is 9.98. The Balaban J connectivity index is 2.24. The first-order valence-electron chi connectivity index (χ1n) is 7.22. The number of carbonyl (C=O) groups excluding carboxylic acids is 1. The van der Waals surface area contributed by atoms with Crippen LogP contribution in [-0.2, 0) is 0 Å². The van der Waals surface area contributed by atoms with Crippen molar-refractivity contribution in [2.45, 2.75) is 32.3 Å². The Kier molecular flexibility index (Phi) is 7.04. The van der Waals surface area contributed by atoms with Gasteiger partial charge in [0.2, 0.25) is 0 Å². The highest BCUT2D eigenvalue weighted by molar-refractivity contribution is 5.73. The van der Waals surface area contributed by atoms with Crippen LogP contribution in [0.2, 0.25) is 0 Å². The average molecular weight is 316 g/mol. The molecule has 2 amide bonds. The van der Waals surface area contributed by atoms with Gasteiger partial charge in [0.15, 0.2) is 11.6 Å². The molecule has 3 N–H and O–H groups in total. The molecule has 1 rings (SSSR count). The molecule has 0 atom stereocenters. The number of nitrogens with one attached hydrogen (secondary N) is 2. The van der Waals surface area contributed by atoms with Crippen LogP contribution in [0, 0.1) is 11.6 Å². The van der Waals surface area contributed by atoms with Crippen molar-refractivity contribution in [3.8, 4) is 5.75 Å². The number of hydrogen-bond acceptors (Lipinski definition) is 3. The van der Waals surface area contributed by atoms with Crippen LogP contribution < -0.4 is 15.4 Å². The third-order valence-electron chi connectivity index (χ3n) is 3.44. The SMILES string of the molecule is CCC(O)(CC)CNC(=O)NCCOc1ccc(F)c(F)c1. The number of hydrogen-bond donors (Lipinski definition) is 3. The van der Waals surface area contributed by atoms with Crippen molar-refractivity contribution in [2.24, 2.45) is 0 Å². The monoisotopic (exact) mass is 316 g/mol. The van der Waals surface area contributed by atoms with Gasteiger partial charge in [-0.25, -0.2) is 13.6 Å². The predicted octanol–water partition coefficient (Wildman–Crippen LogP) is 2.19. The molecule has 0 unspecified atom stereocenters. The molecule has 0 fully saturated rings. The normalized spacial score (nSPS) is 11.1. The van der Waals surface area contributed by atoms with Crippen molar-refractivity contribution in [3.05, 3.63) is 29.8 Å². The van der Waals surface area contributed by atoms with Gasteiger partial charge in [-0.1, -0.05) is 13.8 Å². The maximum Gasteiger partial charge on any atom is 0.315 e. The number of urea groups is 1. The van der Waals surface area contributed by atoms with Crippen LogP contribution in [0.1, 0.15) is 26.7 Å². The van der Waals surface area contributed by atoms with Gasteiger partial charge in [-0.05, 0) is 25.0 Å². The van der Waals surface area contributed by atoms with E-state index in [4.69, 9.17) is 4.74 Å². The number of carbonyl (C=O) groups is 1. The maximum absolute atomic E-state index is 12.9. The number of rotatable bonds is 8. The molecule has 0 aliphatic rings. The van der Waals surface area contributed by atoms with Crippen LogP contribution in [-0.4, -0.2) is 36.4 Å². The first-order valence-corrected chi connectivity index (χ1v) is 7.22. The Bertz CT molecular complexity index is 494. The number of ether oxygens (including phenoxy) is 1. The van der Waals surface area contributed by atoms with Gasteiger partial charge in [-0.15, -0.1) is 0 Å². The highest BCUT2D eigenvalue weighted by Gasteiger charge is 2.22. The summed E-state index contributed by atoms with van der Waals surface area (Å²) >= 11 is 0. The highest BCUT2D eigenvalue weighted by atomic mass is 19.2. The molecule has 0 saturated heterocycles. The van der Waals surface area contributed by atoms with Crippen molar-refractivity contribution < 1.29 is 23.4 Å². The number of benzene rings is 1. The Morgan fingerprint density at radius 2 is 1.91 bits per heavy atom. The van der Waals surface area contributed by atoms with E-state index in [0.29, 0.717) is 12.8 Å². The molecule has 124 valence electrons. The topological polar surface area (TPSA) is 70.6 Å². The molecule has 0 spiro atoms. The summed E-state index contributed by atoms with van der Waals surface area (Å²) in [4.78, 5) is 11.5. The van der Waals surface area contributed by atoms with Gasteiger partial charge in [0, 0.05) is 12.6 Å². The van der Waals surface area contributed by atoms with Crippen molar-refractivity contribution in [3.63, 3.8) is 0 Å². The van der Waals surface area contributed by atoms with Crippen LogP contribution in [0.15, 0.2) is 18.2 Å². The third-order valence-corrected chi connectivity index (χ3v) is 3.44. The van der Waals surface area contributed by atoms with Gasteiger partial charge in [-0.2, -0.15) is 0 Å². The Hall–Kier alpha value is -1.89. The van der Waals surface area contributed by atoms with Crippen molar-refractivity contribution in [2.75, 3.05) is 19.7 Å². The van der Waals surface area contributed by atoms with Crippen molar-refractivity contribution in [1.29, 1.82) is 0 Å². The average Bonchev–Trinajstić information content (AvgIpc) is 2.52. The van der Waals surface area contributed by atoms with Gasteiger partial charge in [0.1, 0.15) is 12.4 Å². The summed E-state index contributed by atoms with van der Waals surface area (Å²) in [7, 11) is 0. The Morgan fingerprint density at radius 3 is 2.50 bits per heavy atom. The standard InChI is InChI=1S/C15H22F2N2O3/c1-3-15(21,4-2)10-19-14(20)18-7-8-22-11-5-6-12(16)13(17)9-11/h5-6,9,21H,3-4,7-8,10H2,1-2H3,(H2,18,19,20). The molecule has 0 heterocycles. The highest BCUT2D eigenvalue weighted by Crippen LogP contribution is 2.15. The molecule has 22 heavy (non-hydrogen) atoms. The Labute approximate surface area is 128 Å². The maximum atomic E-state index is 12.9. The lowest BCUT2D eigenvalue weighted by molar-refractivity contribution is 0.0349. The summed E-state index contributed by atoms with van der Waals surface area (Å²) in [6.07, 6.45) is 1.09. The van der Waals surface area contributed by atoms with Gasteiger partial charge >= 0.3 is 6.03 Å². The minimum Gasteiger partial charge on any atom is -0.492 e. The third kappa shape index (κ3) is 5.85. The molecule has 0 aromatic heterocycles. The zero-order chi connectivity index (χ0) is 16.6. The van der Waals surface area contributed by atoms with E-state index in [1.165, 1.54) is 6.07 Å². The largest absolute Gasteiger partial charge is 0.492 e. The molecule has 0 bridgehead atoms. The minimum absolute atomic E-state index is 0.115. The molecular formula is C15H22F2N2O3. The summed E-state index contributed by atoms with van der Waals surface area (Å²) in [5.41, 5.74) is -0.903. The summed E-state index contributed by atoms with van der Waals surface area (Å²) in [6.45, 7) is 4.17. The predicted molar refractivity (Wildman–Crippen MR) is 78.8 cm³/mol. The Morgan fingerprint density at radius 1 is 1.23 bits per heavy atom. The fourth-order valence-corrected chi connectivity index (χ4v) is 1.71. The van der Waals surface area contributed by atoms with Gasteiger partial charge in [0.25, 0.3) is 0 Å². The second-order valence-corrected chi connectivity index (χ2v) is 4.97. The van der Waals surface area contributed by atoms with E-state index in [0.717, 1.165) is 12.1 Å². The molecule has 0 saturated carbocycles. The van der Waals surface area contributed by atoms with Crippen LogP contribution in [0.3, 0.4) is 0 Å². The first kappa shape index (κ1) is 18.2. The lowest BCUT2D eigenvalue weighted by Gasteiger charge is -2.25. The fraction of sp³-hybridized carbons (Fsp3) is 0.533. The van der Waals surface area contributed by atoms with Crippen LogP contribution in [0.5, 0.6) is 5.75 Å². The van der Waals surface area contributed by atoms with Gasteiger partial charge in [-0.3, -0.25) is 0 Å². The van der Waals surface area contributed by atoms with E-state index in [1.807, 2.05) is 13.8 Å². The van der Waals surface area contributed by atoms with Crippen molar-refractivity contribution >= 4 is 6.03 Å². The first-order chi connectivity index (χ1) is 10.4. The van der Waals surface area contributed by atoms with Crippen LogP contribution >= 0.6 is 0 Å². The molecule has 1 aromatic carbocycles. The molecule has 7 heteroatoms. The van der Waals surface area contributed by atoms with Crippen LogP contribution in [0.25, 0.3) is 0 Å². The zero-order valence-corrected chi connectivity index (χ0v) is 12.8. The van der Waals surface area contributed by atoms with E-state index in [1.54, 1.807) is 0 Å². The van der Waals surface area contributed by atoms with E-state index >= 15 is 0 Å². The van der Waals surface area contributed by atoms with Gasteiger partial charge in [0.05, 0.1) is 12.1 Å². The summed E-state index contributed by atoms with van der Waals surface area (Å²) < 4.78 is 30.8. The van der Waals surface area contributed by atoms with Crippen LogP contribution in [0.4, 0.5) is 13.6 Å². The number of halogens is 2. The van der Waals surface area contributed by atoms with E-state index in [2.05, 4.69) is 10.6 Å². The smallest absolute Gasteiger partial charge is 0.315 e. The van der Waals surface area contributed by atoms with E-state index < -0.39 is 23.3 Å². The number of amides is 2. The van der Waals surface area contributed by atoms with E-state index in [9.17, 15) is 18.7 Å². The second kappa shape index (κ2) is 8.53. The molecule has 0 radical (unpaired) electrons. The molecule has 5 nitrogen and oxygen atoms in total. The zero-order valence-electron chi connectivity index (χ0n) is 12.8. The summed E-state index contributed by atoms with van der Waals surface area (Å²) in [5, 5.41) is 15.1. The summed E-state index contributed by atoms with van der Waals surface area (Å²) in [5.74, 6) is -1.74. The molecular weight excluding hydrogens is 294 g/mol. The number of aliphatic hydroxyl groups is 1. The van der Waals surface area contributed by atoms with E-state index in [-0.39, 0.29) is 25.4 Å². The second-order valence-electron chi connectivity index (χ2n) is 4.97. The molecule has 0 aliphatic heterocycles. The van der Waals surface area contributed by atoms with Crippen molar-refractivity contribution in [1.82, 2.24) is 10.6 Å². The minimum atomic E-state index is -0.985. The van der Waals surface area contributed by atoms with Gasteiger partial charge < -0.3 is 20.5 Å². The quantitative estimate of drug-likeness (QED) is 0.644. The lowest BCUT2D eigenvalue weighted by Crippen LogP contribution is -2.46. The fourth-order valence-electron chi connectivity index (χ4n) is 1.71.